The summed E-state index contributed by atoms with van der Waals surface area (Å²) in [4.78, 5) is 13.9. The van der Waals surface area contributed by atoms with Gasteiger partial charge in [-0.15, -0.1) is 24.8 Å². The van der Waals surface area contributed by atoms with Gasteiger partial charge in [0, 0.05) is 25.0 Å². The molecule has 1 saturated heterocycles. The zero-order valence-corrected chi connectivity index (χ0v) is 13.9. The number of carbonyl (C=O) groups is 1. The summed E-state index contributed by atoms with van der Waals surface area (Å²) >= 11 is 0. The van der Waals surface area contributed by atoms with Crippen molar-refractivity contribution in [2.75, 3.05) is 19.6 Å². The first kappa shape index (κ1) is 21.3. The summed E-state index contributed by atoms with van der Waals surface area (Å²) in [6.45, 7) is 9.40. The monoisotopic (exact) mass is 313 g/mol. The lowest BCUT2D eigenvalue weighted by Crippen LogP contribution is -2.46. The number of rotatable bonds is 5. The van der Waals surface area contributed by atoms with Gasteiger partial charge in [-0.3, -0.25) is 9.69 Å². The van der Waals surface area contributed by atoms with Gasteiger partial charge in [0.2, 0.25) is 5.91 Å². The summed E-state index contributed by atoms with van der Waals surface area (Å²) in [6, 6.07) is 0.376. The first-order valence-corrected chi connectivity index (χ1v) is 6.75. The molecule has 0 spiro atoms. The molecule has 1 rings (SSSR count). The van der Waals surface area contributed by atoms with Gasteiger partial charge in [-0.1, -0.05) is 6.92 Å². The molecule has 4 nitrogen and oxygen atoms in total. The van der Waals surface area contributed by atoms with Gasteiger partial charge in [-0.05, 0) is 45.7 Å². The highest BCUT2D eigenvalue weighted by Crippen LogP contribution is 2.17. The van der Waals surface area contributed by atoms with Crippen molar-refractivity contribution in [3.63, 3.8) is 0 Å². The maximum absolute atomic E-state index is 11.5. The van der Waals surface area contributed by atoms with E-state index in [1.165, 1.54) is 12.8 Å². The topological polar surface area (TPSA) is 58.4 Å². The van der Waals surface area contributed by atoms with E-state index in [-0.39, 0.29) is 36.8 Å². The van der Waals surface area contributed by atoms with Crippen molar-refractivity contribution in [2.24, 2.45) is 11.7 Å². The number of nitrogens with one attached hydrogen (secondary N) is 1. The molecular formula is C13H29Cl2N3O. The van der Waals surface area contributed by atoms with Crippen LogP contribution in [0.15, 0.2) is 0 Å². The Morgan fingerprint density at radius 2 is 1.84 bits per heavy atom. The van der Waals surface area contributed by atoms with Gasteiger partial charge in [0.25, 0.3) is 0 Å². The van der Waals surface area contributed by atoms with Crippen LogP contribution < -0.4 is 11.1 Å². The summed E-state index contributed by atoms with van der Waals surface area (Å²) in [5.74, 6) is 0.920. The standard InChI is InChI=1S/C13H27N3O.2ClH/c1-10-4-6-16(7-5-10)12(3)9-15-13(17)8-11(2)14;;/h10-12H,4-9,14H2,1-3H3,(H,15,17);2*1H. The summed E-state index contributed by atoms with van der Waals surface area (Å²) in [7, 11) is 0. The Balaban J connectivity index is 0. The van der Waals surface area contributed by atoms with Gasteiger partial charge in [0.1, 0.15) is 0 Å². The number of piperidine rings is 1. The second-order valence-electron chi connectivity index (χ2n) is 5.55. The zero-order chi connectivity index (χ0) is 12.8. The van der Waals surface area contributed by atoms with Crippen molar-refractivity contribution in [2.45, 2.75) is 52.1 Å². The van der Waals surface area contributed by atoms with Gasteiger partial charge in [0.05, 0.1) is 0 Å². The van der Waals surface area contributed by atoms with Crippen molar-refractivity contribution in [3.8, 4) is 0 Å². The molecule has 2 unspecified atom stereocenters. The number of hydrogen-bond acceptors (Lipinski definition) is 3. The molecule has 19 heavy (non-hydrogen) atoms. The molecule has 1 fully saturated rings. The van der Waals surface area contributed by atoms with Crippen LogP contribution in [0.3, 0.4) is 0 Å². The highest BCUT2D eigenvalue weighted by Gasteiger charge is 2.20. The molecule has 0 bridgehead atoms. The van der Waals surface area contributed by atoms with Crippen LogP contribution in [0.4, 0.5) is 0 Å². The molecule has 116 valence electrons. The third kappa shape index (κ3) is 8.69. The lowest BCUT2D eigenvalue weighted by atomic mass is 9.98. The summed E-state index contributed by atoms with van der Waals surface area (Å²) in [6.07, 6.45) is 2.97. The van der Waals surface area contributed by atoms with Crippen molar-refractivity contribution in [1.82, 2.24) is 10.2 Å². The van der Waals surface area contributed by atoms with Crippen LogP contribution >= 0.6 is 24.8 Å². The van der Waals surface area contributed by atoms with Gasteiger partial charge in [-0.25, -0.2) is 0 Å². The average molecular weight is 314 g/mol. The van der Waals surface area contributed by atoms with E-state index in [0.717, 1.165) is 25.6 Å². The second-order valence-corrected chi connectivity index (χ2v) is 5.55. The minimum absolute atomic E-state index is 0. The Labute approximate surface area is 129 Å². The fourth-order valence-electron chi connectivity index (χ4n) is 2.22. The van der Waals surface area contributed by atoms with Crippen LogP contribution in [0.1, 0.15) is 40.0 Å². The van der Waals surface area contributed by atoms with Crippen LogP contribution in [0.5, 0.6) is 0 Å². The van der Waals surface area contributed by atoms with E-state index < -0.39 is 0 Å². The van der Waals surface area contributed by atoms with Crippen molar-refractivity contribution in [3.05, 3.63) is 0 Å². The highest BCUT2D eigenvalue weighted by molar-refractivity contribution is 5.85. The molecule has 3 N–H and O–H groups in total. The third-order valence-corrected chi connectivity index (χ3v) is 3.54. The second kappa shape index (κ2) is 10.7. The first-order chi connectivity index (χ1) is 7.99. The summed E-state index contributed by atoms with van der Waals surface area (Å²) in [5, 5.41) is 2.96. The quantitative estimate of drug-likeness (QED) is 0.813. The van der Waals surface area contributed by atoms with Crippen molar-refractivity contribution in [1.29, 1.82) is 0 Å². The number of nitrogens with zero attached hydrogens (tertiary/aromatic N) is 1. The Morgan fingerprint density at radius 1 is 1.32 bits per heavy atom. The smallest absolute Gasteiger partial charge is 0.221 e. The molecule has 0 radical (unpaired) electrons. The predicted octanol–water partition coefficient (Wildman–Crippen LogP) is 1.80. The molecule has 6 heteroatoms. The Hall–Kier alpha value is -0.0300. The largest absolute Gasteiger partial charge is 0.354 e. The Morgan fingerprint density at radius 3 is 2.32 bits per heavy atom. The molecule has 1 amide bonds. The maximum atomic E-state index is 11.5. The van der Waals surface area contributed by atoms with Crippen LogP contribution in [-0.4, -0.2) is 42.5 Å². The molecular weight excluding hydrogens is 285 g/mol. The Bertz CT molecular complexity index is 244. The number of halogens is 2. The maximum Gasteiger partial charge on any atom is 0.221 e. The third-order valence-electron chi connectivity index (χ3n) is 3.54. The van der Waals surface area contributed by atoms with Gasteiger partial charge in [0.15, 0.2) is 0 Å². The Kier molecular flexibility index (Phi) is 12.0. The molecule has 0 aromatic heterocycles. The fourth-order valence-corrected chi connectivity index (χ4v) is 2.22. The molecule has 0 aromatic rings. The van der Waals surface area contributed by atoms with Gasteiger partial charge >= 0.3 is 0 Å². The van der Waals surface area contributed by atoms with Crippen LogP contribution in [-0.2, 0) is 4.79 Å². The van der Waals surface area contributed by atoms with E-state index in [0.29, 0.717) is 12.5 Å². The number of carbonyl (C=O) groups excluding carboxylic acids is 1. The van der Waals surface area contributed by atoms with E-state index in [1.54, 1.807) is 0 Å². The van der Waals surface area contributed by atoms with Crippen molar-refractivity contribution >= 4 is 30.7 Å². The number of amides is 1. The molecule has 0 aliphatic carbocycles. The molecule has 1 aliphatic rings. The number of nitrogens with two attached hydrogens (primary N) is 1. The summed E-state index contributed by atoms with van der Waals surface area (Å²) in [5.41, 5.74) is 5.59. The lowest BCUT2D eigenvalue weighted by molar-refractivity contribution is -0.121. The predicted molar refractivity (Wildman–Crippen MR) is 85.2 cm³/mol. The van der Waals surface area contributed by atoms with Crippen LogP contribution in [0.25, 0.3) is 0 Å². The first-order valence-electron chi connectivity index (χ1n) is 6.75. The average Bonchev–Trinajstić information content (AvgIpc) is 2.26. The van der Waals surface area contributed by atoms with E-state index in [9.17, 15) is 4.79 Å². The molecule has 0 saturated carbocycles. The van der Waals surface area contributed by atoms with E-state index in [2.05, 4.69) is 24.1 Å². The SMILES string of the molecule is CC(N)CC(=O)NCC(C)N1CCC(C)CC1.Cl.Cl. The van der Waals surface area contributed by atoms with E-state index >= 15 is 0 Å². The molecule has 2 atom stereocenters. The molecule has 0 aromatic carbocycles. The fraction of sp³-hybridized carbons (Fsp3) is 0.923. The lowest BCUT2D eigenvalue weighted by Gasteiger charge is -2.35. The minimum Gasteiger partial charge on any atom is -0.354 e. The van der Waals surface area contributed by atoms with Crippen molar-refractivity contribution < 1.29 is 4.79 Å². The highest BCUT2D eigenvalue weighted by atomic mass is 35.5. The zero-order valence-electron chi connectivity index (χ0n) is 12.2. The van der Waals surface area contributed by atoms with E-state index in [4.69, 9.17) is 5.73 Å². The minimum atomic E-state index is -0.0545. The van der Waals surface area contributed by atoms with Gasteiger partial charge in [-0.2, -0.15) is 0 Å². The van der Waals surface area contributed by atoms with Crippen LogP contribution in [0.2, 0.25) is 0 Å². The van der Waals surface area contributed by atoms with Crippen LogP contribution in [0, 0.1) is 5.92 Å². The summed E-state index contributed by atoms with van der Waals surface area (Å²) < 4.78 is 0. The number of likely N-dealkylation sites (tertiary alicyclic amines) is 1. The normalized spacial score (nSPS) is 19.8. The number of hydrogen-bond donors (Lipinski definition) is 2. The molecule has 1 heterocycles. The van der Waals surface area contributed by atoms with E-state index in [1.807, 2.05) is 6.92 Å². The molecule has 1 aliphatic heterocycles. The van der Waals surface area contributed by atoms with Gasteiger partial charge < -0.3 is 11.1 Å².